The maximum Gasteiger partial charge on any atom is 0.251 e. The lowest BCUT2D eigenvalue weighted by Crippen LogP contribution is -2.31. The highest BCUT2D eigenvalue weighted by atomic mass is 79.9. The molecule has 2 rings (SSSR count). The van der Waals surface area contributed by atoms with E-state index >= 15 is 0 Å². The van der Waals surface area contributed by atoms with Crippen molar-refractivity contribution in [2.45, 2.75) is 39.5 Å². The lowest BCUT2D eigenvalue weighted by atomic mass is 9.83. The second-order valence-electron chi connectivity index (χ2n) is 5.80. The average Bonchev–Trinajstić information content (AvgIpc) is 2.41. The van der Waals surface area contributed by atoms with E-state index in [1.807, 2.05) is 25.1 Å². The van der Waals surface area contributed by atoms with Crippen LogP contribution in [-0.2, 0) is 0 Å². The summed E-state index contributed by atoms with van der Waals surface area (Å²) in [6.45, 7) is 5.14. The standard InChI is InChI=1S/C16H22BrNO/c1-11-3-5-13(6-4-11)10-18-16(19)14-7-8-15(17)12(2)9-14/h7-9,11,13H,3-6,10H2,1-2H3,(H,18,19). The van der Waals surface area contributed by atoms with E-state index in [-0.39, 0.29) is 5.91 Å². The zero-order chi connectivity index (χ0) is 13.8. The van der Waals surface area contributed by atoms with Crippen molar-refractivity contribution in [1.82, 2.24) is 5.32 Å². The molecule has 1 aliphatic rings. The number of carbonyl (C=O) groups is 1. The Balaban J connectivity index is 1.85. The summed E-state index contributed by atoms with van der Waals surface area (Å²) in [6, 6.07) is 5.74. The predicted molar refractivity (Wildman–Crippen MR) is 82.3 cm³/mol. The van der Waals surface area contributed by atoms with E-state index in [4.69, 9.17) is 0 Å². The zero-order valence-electron chi connectivity index (χ0n) is 11.7. The maximum atomic E-state index is 12.1. The highest BCUT2D eigenvalue weighted by molar-refractivity contribution is 9.10. The van der Waals surface area contributed by atoms with Crippen LogP contribution in [0.3, 0.4) is 0 Å². The Morgan fingerprint density at radius 2 is 2.00 bits per heavy atom. The van der Waals surface area contributed by atoms with Crippen LogP contribution in [0.25, 0.3) is 0 Å². The molecular formula is C16H22BrNO. The molecule has 19 heavy (non-hydrogen) atoms. The summed E-state index contributed by atoms with van der Waals surface area (Å²) < 4.78 is 1.05. The van der Waals surface area contributed by atoms with Gasteiger partial charge in [0.1, 0.15) is 0 Å². The van der Waals surface area contributed by atoms with Crippen molar-refractivity contribution < 1.29 is 4.79 Å². The summed E-state index contributed by atoms with van der Waals surface area (Å²) in [5.74, 6) is 1.58. The van der Waals surface area contributed by atoms with E-state index in [1.165, 1.54) is 25.7 Å². The fourth-order valence-corrected chi connectivity index (χ4v) is 2.90. The first kappa shape index (κ1) is 14.6. The molecule has 0 aliphatic heterocycles. The summed E-state index contributed by atoms with van der Waals surface area (Å²) in [5, 5.41) is 3.08. The first-order chi connectivity index (χ1) is 9.06. The summed E-state index contributed by atoms with van der Waals surface area (Å²) >= 11 is 3.45. The number of rotatable bonds is 3. The summed E-state index contributed by atoms with van der Waals surface area (Å²) in [6.07, 6.45) is 5.11. The van der Waals surface area contributed by atoms with Crippen LogP contribution in [-0.4, -0.2) is 12.5 Å². The number of hydrogen-bond acceptors (Lipinski definition) is 1. The van der Waals surface area contributed by atoms with Crippen molar-refractivity contribution in [3.63, 3.8) is 0 Å². The molecule has 1 aromatic rings. The molecule has 1 aromatic carbocycles. The van der Waals surface area contributed by atoms with Gasteiger partial charge in [0.05, 0.1) is 0 Å². The smallest absolute Gasteiger partial charge is 0.251 e. The van der Waals surface area contributed by atoms with Gasteiger partial charge < -0.3 is 5.32 Å². The van der Waals surface area contributed by atoms with Crippen molar-refractivity contribution in [3.05, 3.63) is 33.8 Å². The molecule has 104 valence electrons. The molecule has 0 spiro atoms. The van der Waals surface area contributed by atoms with E-state index < -0.39 is 0 Å². The number of hydrogen-bond donors (Lipinski definition) is 1. The van der Waals surface area contributed by atoms with Gasteiger partial charge in [0, 0.05) is 16.6 Å². The van der Waals surface area contributed by atoms with E-state index in [1.54, 1.807) is 0 Å². The Morgan fingerprint density at radius 1 is 1.32 bits per heavy atom. The molecule has 1 aliphatic carbocycles. The van der Waals surface area contributed by atoms with E-state index in [9.17, 15) is 4.79 Å². The Kier molecular flexibility index (Phi) is 5.03. The van der Waals surface area contributed by atoms with Gasteiger partial charge in [0.15, 0.2) is 0 Å². The van der Waals surface area contributed by atoms with Crippen LogP contribution in [0.5, 0.6) is 0 Å². The molecule has 0 saturated heterocycles. The Bertz CT molecular complexity index is 450. The number of amides is 1. The number of halogens is 1. The average molecular weight is 324 g/mol. The third kappa shape index (κ3) is 4.07. The molecule has 1 amide bonds. The topological polar surface area (TPSA) is 29.1 Å². The molecular weight excluding hydrogens is 302 g/mol. The van der Waals surface area contributed by atoms with Gasteiger partial charge in [-0.05, 0) is 55.4 Å². The fraction of sp³-hybridized carbons (Fsp3) is 0.562. The molecule has 0 heterocycles. The minimum Gasteiger partial charge on any atom is -0.352 e. The van der Waals surface area contributed by atoms with Gasteiger partial charge in [0.25, 0.3) is 5.91 Å². The minimum atomic E-state index is 0.0502. The van der Waals surface area contributed by atoms with Crippen LogP contribution >= 0.6 is 15.9 Å². The lowest BCUT2D eigenvalue weighted by Gasteiger charge is -2.26. The monoisotopic (exact) mass is 323 g/mol. The fourth-order valence-electron chi connectivity index (χ4n) is 2.66. The van der Waals surface area contributed by atoms with Gasteiger partial charge >= 0.3 is 0 Å². The molecule has 0 atom stereocenters. The highest BCUT2D eigenvalue weighted by Gasteiger charge is 2.18. The second kappa shape index (κ2) is 6.56. The van der Waals surface area contributed by atoms with Gasteiger partial charge in [-0.25, -0.2) is 0 Å². The normalized spacial score (nSPS) is 23.1. The van der Waals surface area contributed by atoms with Crippen molar-refractivity contribution in [2.75, 3.05) is 6.54 Å². The van der Waals surface area contributed by atoms with E-state index in [0.29, 0.717) is 5.92 Å². The van der Waals surface area contributed by atoms with Crippen LogP contribution < -0.4 is 5.32 Å². The van der Waals surface area contributed by atoms with E-state index in [0.717, 1.165) is 28.1 Å². The predicted octanol–water partition coefficient (Wildman–Crippen LogP) is 4.31. The van der Waals surface area contributed by atoms with Crippen molar-refractivity contribution >= 4 is 21.8 Å². The van der Waals surface area contributed by atoms with Gasteiger partial charge in [0.2, 0.25) is 0 Å². The quantitative estimate of drug-likeness (QED) is 0.882. The van der Waals surface area contributed by atoms with Crippen LogP contribution in [0.4, 0.5) is 0 Å². The molecule has 1 N–H and O–H groups in total. The highest BCUT2D eigenvalue weighted by Crippen LogP contribution is 2.27. The second-order valence-corrected chi connectivity index (χ2v) is 6.65. The van der Waals surface area contributed by atoms with Crippen molar-refractivity contribution in [1.29, 1.82) is 0 Å². The molecule has 0 bridgehead atoms. The number of carbonyl (C=O) groups excluding carboxylic acids is 1. The first-order valence-corrected chi connectivity index (χ1v) is 7.90. The third-order valence-electron chi connectivity index (χ3n) is 4.11. The molecule has 3 heteroatoms. The SMILES string of the molecule is Cc1cc(C(=O)NCC2CCC(C)CC2)ccc1Br. The van der Waals surface area contributed by atoms with Crippen LogP contribution in [0.2, 0.25) is 0 Å². The first-order valence-electron chi connectivity index (χ1n) is 7.10. The lowest BCUT2D eigenvalue weighted by molar-refractivity contribution is 0.0942. The Morgan fingerprint density at radius 3 is 2.63 bits per heavy atom. The number of aryl methyl sites for hydroxylation is 1. The summed E-state index contributed by atoms with van der Waals surface area (Å²) in [7, 11) is 0. The number of benzene rings is 1. The summed E-state index contributed by atoms with van der Waals surface area (Å²) in [4.78, 5) is 12.1. The van der Waals surface area contributed by atoms with Crippen molar-refractivity contribution in [2.24, 2.45) is 11.8 Å². The van der Waals surface area contributed by atoms with Gasteiger partial charge in [-0.1, -0.05) is 35.7 Å². The molecule has 1 saturated carbocycles. The maximum absolute atomic E-state index is 12.1. The zero-order valence-corrected chi connectivity index (χ0v) is 13.3. The van der Waals surface area contributed by atoms with Crippen LogP contribution in [0, 0.1) is 18.8 Å². The van der Waals surface area contributed by atoms with Gasteiger partial charge in [-0.15, -0.1) is 0 Å². The van der Waals surface area contributed by atoms with Crippen LogP contribution in [0.15, 0.2) is 22.7 Å². The minimum absolute atomic E-state index is 0.0502. The molecule has 1 fully saturated rings. The molecule has 0 radical (unpaired) electrons. The summed E-state index contributed by atoms with van der Waals surface area (Å²) in [5.41, 5.74) is 1.85. The van der Waals surface area contributed by atoms with Crippen LogP contribution in [0.1, 0.15) is 48.5 Å². The van der Waals surface area contributed by atoms with Crippen molar-refractivity contribution in [3.8, 4) is 0 Å². The molecule has 2 nitrogen and oxygen atoms in total. The van der Waals surface area contributed by atoms with E-state index in [2.05, 4.69) is 28.2 Å². The molecule has 0 aromatic heterocycles. The number of nitrogens with one attached hydrogen (secondary N) is 1. The molecule has 0 unspecified atom stereocenters. The van der Waals surface area contributed by atoms with Gasteiger partial charge in [-0.2, -0.15) is 0 Å². The van der Waals surface area contributed by atoms with Gasteiger partial charge in [-0.3, -0.25) is 4.79 Å². The Labute approximate surface area is 124 Å². The largest absolute Gasteiger partial charge is 0.352 e. The third-order valence-corrected chi connectivity index (χ3v) is 5.00. The Hall–Kier alpha value is -0.830.